The summed E-state index contributed by atoms with van der Waals surface area (Å²) in [6.07, 6.45) is 1.81. The van der Waals surface area contributed by atoms with Crippen LogP contribution in [0.4, 0.5) is 8.78 Å². The summed E-state index contributed by atoms with van der Waals surface area (Å²) in [5, 5.41) is 0. The summed E-state index contributed by atoms with van der Waals surface area (Å²) in [4.78, 5) is 11.5. The molecule has 0 saturated heterocycles. The summed E-state index contributed by atoms with van der Waals surface area (Å²) in [6.45, 7) is 3.44. The molecule has 1 atom stereocenters. The van der Waals surface area contributed by atoms with E-state index in [1.54, 1.807) is 0 Å². The maximum absolute atomic E-state index is 12.8. The molecule has 1 unspecified atom stereocenters. The second kappa shape index (κ2) is 4.79. The van der Waals surface area contributed by atoms with Crippen molar-refractivity contribution in [2.75, 3.05) is 0 Å². The van der Waals surface area contributed by atoms with E-state index in [4.69, 9.17) is 5.73 Å². The summed E-state index contributed by atoms with van der Waals surface area (Å²) in [7, 11) is 0. The number of rotatable bonds is 4. The maximum Gasteiger partial charge on any atom is 0.179 e. The zero-order valence-electron chi connectivity index (χ0n) is 8.04. The molecule has 4 heteroatoms. The summed E-state index contributed by atoms with van der Waals surface area (Å²) in [5.74, 6) is -2.45. The SMILES string of the molecule is C=CCC(N)C(=O)c1ccc(F)c(F)c1. The number of hydrogen-bond acceptors (Lipinski definition) is 2. The zero-order chi connectivity index (χ0) is 11.4. The van der Waals surface area contributed by atoms with Crippen molar-refractivity contribution in [3.05, 3.63) is 48.1 Å². The normalized spacial score (nSPS) is 12.2. The quantitative estimate of drug-likeness (QED) is 0.611. The molecule has 0 bridgehead atoms. The zero-order valence-corrected chi connectivity index (χ0v) is 8.04. The van der Waals surface area contributed by atoms with Crippen molar-refractivity contribution < 1.29 is 13.6 Å². The van der Waals surface area contributed by atoms with Crippen molar-refractivity contribution in [3.63, 3.8) is 0 Å². The highest BCUT2D eigenvalue weighted by molar-refractivity contribution is 6.00. The van der Waals surface area contributed by atoms with Gasteiger partial charge in [0.05, 0.1) is 6.04 Å². The van der Waals surface area contributed by atoms with E-state index < -0.39 is 23.5 Å². The van der Waals surface area contributed by atoms with Gasteiger partial charge in [-0.05, 0) is 24.6 Å². The molecule has 15 heavy (non-hydrogen) atoms. The van der Waals surface area contributed by atoms with Gasteiger partial charge in [-0.15, -0.1) is 6.58 Å². The van der Waals surface area contributed by atoms with Gasteiger partial charge in [0.15, 0.2) is 17.4 Å². The van der Waals surface area contributed by atoms with Gasteiger partial charge in [-0.1, -0.05) is 6.08 Å². The van der Waals surface area contributed by atoms with Crippen LogP contribution in [0.15, 0.2) is 30.9 Å². The molecule has 1 aromatic carbocycles. The molecular weight excluding hydrogens is 200 g/mol. The molecule has 0 aliphatic rings. The minimum absolute atomic E-state index is 0.0725. The molecule has 1 aromatic rings. The van der Waals surface area contributed by atoms with Gasteiger partial charge >= 0.3 is 0 Å². The Bertz CT molecular complexity index is 390. The highest BCUT2D eigenvalue weighted by atomic mass is 19.2. The van der Waals surface area contributed by atoms with Crippen LogP contribution < -0.4 is 5.73 Å². The van der Waals surface area contributed by atoms with Crippen molar-refractivity contribution in [3.8, 4) is 0 Å². The van der Waals surface area contributed by atoms with Crippen molar-refractivity contribution >= 4 is 5.78 Å². The highest BCUT2D eigenvalue weighted by Gasteiger charge is 2.15. The van der Waals surface area contributed by atoms with Gasteiger partial charge in [0.2, 0.25) is 0 Å². The monoisotopic (exact) mass is 211 g/mol. The van der Waals surface area contributed by atoms with Crippen molar-refractivity contribution in [2.24, 2.45) is 5.73 Å². The smallest absolute Gasteiger partial charge is 0.179 e. The summed E-state index contributed by atoms with van der Waals surface area (Å²) < 4.78 is 25.4. The fourth-order valence-electron chi connectivity index (χ4n) is 1.15. The Hall–Kier alpha value is -1.55. The van der Waals surface area contributed by atoms with E-state index in [1.807, 2.05) is 0 Å². The molecule has 0 aromatic heterocycles. The number of ketones is 1. The highest BCUT2D eigenvalue weighted by Crippen LogP contribution is 2.11. The van der Waals surface area contributed by atoms with Crippen LogP contribution >= 0.6 is 0 Å². The van der Waals surface area contributed by atoms with Crippen molar-refractivity contribution in [1.82, 2.24) is 0 Å². The first-order chi connectivity index (χ1) is 7.06. The van der Waals surface area contributed by atoms with Crippen LogP contribution in [0.1, 0.15) is 16.8 Å². The summed E-state index contributed by atoms with van der Waals surface area (Å²) in [5.41, 5.74) is 5.58. The molecule has 0 saturated carbocycles. The number of benzene rings is 1. The maximum atomic E-state index is 12.8. The molecule has 0 fully saturated rings. The molecule has 1 rings (SSSR count). The molecule has 0 heterocycles. The van der Waals surface area contributed by atoms with Gasteiger partial charge in [-0.25, -0.2) is 8.78 Å². The Morgan fingerprint density at radius 2 is 2.13 bits per heavy atom. The van der Waals surface area contributed by atoms with Crippen LogP contribution in [-0.2, 0) is 0 Å². The number of Topliss-reactive ketones (excluding diaryl/α,β-unsaturated/α-hetero) is 1. The topological polar surface area (TPSA) is 43.1 Å². The van der Waals surface area contributed by atoms with E-state index >= 15 is 0 Å². The number of carbonyl (C=O) groups is 1. The van der Waals surface area contributed by atoms with Gasteiger partial charge < -0.3 is 5.73 Å². The van der Waals surface area contributed by atoms with E-state index in [1.165, 1.54) is 12.1 Å². The first-order valence-electron chi connectivity index (χ1n) is 4.42. The van der Waals surface area contributed by atoms with Crippen LogP contribution in [0.25, 0.3) is 0 Å². The van der Waals surface area contributed by atoms with E-state index in [-0.39, 0.29) is 5.56 Å². The van der Waals surface area contributed by atoms with Crippen LogP contribution in [0, 0.1) is 11.6 Å². The Kier molecular flexibility index (Phi) is 3.68. The minimum Gasteiger partial charge on any atom is -0.321 e. The first-order valence-corrected chi connectivity index (χ1v) is 4.42. The number of carbonyl (C=O) groups excluding carboxylic acids is 1. The third-order valence-electron chi connectivity index (χ3n) is 1.96. The van der Waals surface area contributed by atoms with Crippen molar-refractivity contribution in [1.29, 1.82) is 0 Å². The average molecular weight is 211 g/mol. The predicted octanol–water partition coefficient (Wildman–Crippen LogP) is 2.05. The Labute approximate surface area is 86.4 Å². The number of nitrogens with two attached hydrogens (primary N) is 1. The molecule has 0 aliphatic carbocycles. The lowest BCUT2D eigenvalue weighted by molar-refractivity contribution is 0.0961. The molecule has 0 radical (unpaired) electrons. The molecule has 2 N–H and O–H groups in total. The average Bonchev–Trinajstić information content (AvgIpc) is 2.21. The van der Waals surface area contributed by atoms with Gasteiger partial charge in [0.1, 0.15) is 0 Å². The second-order valence-corrected chi connectivity index (χ2v) is 3.12. The molecule has 0 spiro atoms. The predicted molar refractivity (Wildman–Crippen MR) is 53.5 cm³/mol. The van der Waals surface area contributed by atoms with E-state index in [2.05, 4.69) is 6.58 Å². The van der Waals surface area contributed by atoms with Crippen LogP contribution in [0.5, 0.6) is 0 Å². The van der Waals surface area contributed by atoms with Crippen molar-refractivity contribution in [2.45, 2.75) is 12.5 Å². The lowest BCUT2D eigenvalue weighted by atomic mass is 10.0. The standard InChI is InChI=1S/C11H11F2NO/c1-2-3-10(14)11(15)7-4-5-8(12)9(13)6-7/h2,4-6,10H,1,3,14H2. The Balaban J connectivity index is 2.91. The largest absolute Gasteiger partial charge is 0.321 e. The molecule has 0 amide bonds. The fraction of sp³-hybridized carbons (Fsp3) is 0.182. The van der Waals surface area contributed by atoms with E-state index in [0.29, 0.717) is 6.42 Å². The van der Waals surface area contributed by atoms with Gasteiger partial charge in [-0.3, -0.25) is 4.79 Å². The number of hydrogen-bond donors (Lipinski definition) is 1. The summed E-state index contributed by atoms with van der Waals surface area (Å²) >= 11 is 0. The molecule has 2 nitrogen and oxygen atoms in total. The lowest BCUT2D eigenvalue weighted by Crippen LogP contribution is -2.29. The molecule has 0 aliphatic heterocycles. The first kappa shape index (κ1) is 11.5. The van der Waals surface area contributed by atoms with Crippen LogP contribution in [0.3, 0.4) is 0 Å². The van der Waals surface area contributed by atoms with E-state index in [9.17, 15) is 13.6 Å². The Morgan fingerprint density at radius 3 is 2.67 bits per heavy atom. The van der Waals surface area contributed by atoms with Gasteiger partial charge in [0.25, 0.3) is 0 Å². The Morgan fingerprint density at radius 1 is 1.47 bits per heavy atom. The third-order valence-corrected chi connectivity index (χ3v) is 1.96. The number of halogens is 2. The van der Waals surface area contributed by atoms with E-state index in [0.717, 1.165) is 12.1 Å². The third kappa shape index (κ3) is 2.70. The summed E-state index contributed by atoms with van der Waals surface area (Å²) in [6, 6.07) is 2.21. The van der Waals surface area contributed by atoms with Crippen LogP contribution in [-0.4, -0.2) is 11.8 Å². The molecular formula is C11H11F2NO. The lowest BCUT2D eigenvalue weighted by Gasteiger charge is -2.07. The van der Waals surface area contributed by atoms with Crippen LogP contribution in [0.2, 0.25) is 0 Å². The van der Waals surface area contributed by atoms with Gasteiger partial charge in [0, 0.05) is 5.56 Å². The minimum atomic E-state index is -1.05. The molecule has 80 valence electrons. The second-order valence-electron chi connectivity index (χ2n) is 3.12. The van der Waals surface area contributed by atoms with Gasteiger partial charge in [-0.2, -0.15) is 0 Å². The fourth-order valence-corrected chi connectivity index (χ4v) is 1.15.